The van der Waals surface area contributed by atoms with Crippen LogP contribution in [-0.2, 0) is 0 Å². The van der Waals surface area contributed by atoms with Crippen LogP contribution in [0.25, 0.3) is 79.1 Å². The number of aromatic nitrogens is 6. The molecule has 8 aromatic rings. The van der Waals surface area contributed by atoms with Gasteiger partial charge in [-0.25, -0.2) is 19.9 Å². The molecule has 0 aliphatic rings. The van der Waals surface area contributed by atoms with E-state index in [1.54, 1.807) is 12.4 Å². The number of hydrogen-bond donors (Lipinski definition) is 0. The summed E-state index contributed by atoms with van der Waals surface area (Å²) in [5, 5.41) is 0. The standard InChI is InChI=1S/C42H28N6/c1-3-10-32(11-4-1)40-46-41(33-12-5-2-6-13-33)48-42(47-40)34-22-20-30(21-23-34)29-16-18-31(19-17-29)36-26-38(35-14-9-24-43-28-35)45-39(27-36)37-15-7-8-25-44-37/h1-28H. The zero-order valence-electron chi connectivity index (χ0n) is 25.8. The Hall–Kier alpha value is -6.66. The smallest absolute Gasteiger partial charge is 0.164 e. The fraction of sp³-hybridized carbons (Fsp3) is 0. The first-order chi connectivity index (χ1) is 23.8. The summed E-state index contributed by atoms with van der Waals surface area (Å²) in [6, 6.07) is 51.0. The Kier molecular flexibility index (Phi) is 7.79. The Balaban J connectivity index is 1.11. The van der Waals surface area contributed by atoms with E-state index in [1.165, 1.54) is 0 Å². The van der Waals surface area contributed by atoms with Gasteiger partial charge >= 0.3 is 0 Å². The van der Waals surface area contributed by atoms with Crippen LogP contribution in [0.15, 0.2) is 170 Å². The molecule has 0 bridgehead atoms. The molecule has 0 aliphatic heterocycles. The Bertz CT molecular complexity index is 2010. The molecule has 4 aromatic carbocycles. The van der Waals surface area contributed by atoms with Crippen LogP contribution in [-0.4, -0.2) is 29.9 Å². The summed E-state index contributed by atoms with van der Waals surface area (Å²) in [4.78, 5) is 28.3. The fourth-order valence-corrected chi connectivity index (χ4v) is 5.61. The van der Waals surface area contributed by atoms with Crippen molar-refractivity contribution in [2.45, 2.75) is 0 Å². The quantitative estimate of drug-likeness (QED) is 0.177. The third-order valence-electron chi connectivity index (χ3n) is 8.10. The summed E-state index contributed by atoms with van der Waals surface area (Å²) in [5.41, 5.74) is 10.6. The van der Waals surface area contributed by atoms with Crippen molar-refractivity contribution in [1.29, 1.82) is 0 Å². The molecular formula is C42H28N6. The molecule has 226 valence electrons. The zero-order valence-corrected chi connectivity index (χ0v) is 25.8. The number of rotatable bonds is 7. The first-order valence-electron chi connectivity index (χ1n) is 15.7. The first kappa shape index (κ1) is 28.8. The highest BCUT2D eigenvalue weighted by molar-refractivity contribution is 5.78. The van der Waals surface area contributed by atoms with Crippen LogP contribution >= 0.6 is 0 Å². The summed E-state index contributed by atoms with van der Waals surface area (Å²) < 4.78 is 0. The van der Waals surface area contributed by atoms with E-state index in [4.69, 9.17) is 19.9 Å². The maximum Gasteiger partial charge on any atom is 0.164 e. The summed E-state index contributed by atoms with van der Waals surface area (Å²) >= 11 is 0. The largest absolute Gasteiger partial charge is 0.264 e. The second-order valence-electron chi connectivity index (χ2n) is 11.3. The van der Waals surface area contributed by atoms with Crippen LogP contribution < -0.4 is 0 Å². The van der Waals surface area contributed by atoms with Gasteiger partial charge in [0, 0.05) is 40.8 Å². The maximum atomic E-state index is 4.93. The second kappa shape index (κ2) is 13.0. The van der Waals surface area contributed by atoms with Crippen LogP contribution in [0.1, 0.15) is 0 Å². The Morgan fingerprint density at radius 3 is 1.29 bits per heavy atom. The third-order valence-corrected chi connectivity index (χ3v) is 8.10. The highest BCUT2D eigenvalue weighted by atomic mass is 15.0. The molecule has 0 saturated carbocycles. The summed E-state index contributed by atoms with van der Waals surface area (Å²) in [6.45, 7) is 0. The van der Waals surface area contributed by atoms with E-state index in [-0.39, 0.29) is 0 Å². The molecule has 8 rings (SSSR count). The molecule has 0 unspecified atom stereocenters. The molecular weight excluding hydrogens is 589 g/mol. The van der Waals surface area contributed by atoms with Gasteiger partial charge in [0.1, 0.15) is 0 Å². The number of benzene rings is 4. The van der Waals surface area contributed by atoms with E-state index in [9.17, 15) is 0 Å². The molecule has 4 aromatic heterocycles. The van der Waals surface area contributed by atoms with Gasteiger partial charge in [-0.1, -0.05) is 115 Å². The molecule has 6 nitrogen and oxygen atoms in total. The van der Waals surface area contributed by atoms with Crippen molar-refractivity contribution >= 4 is 0 Å². The molecule has 0 aliphatic carbocycles. The van der Waals surface area contributed by atoms with Gasteiger partial charge in [-0.3, -0.25) is 9.97 Å². The lowest BCUT2D eigenvalue weighted by atomic mass is 9.98. The average molecular weight is 617 g/mol. The molecule has 0 atom stereocenters. The van der Waals surface area contributed by atoms with Crippen LogP contribution in [0.5, 0.6) is 0 Å². The van der Waals surface area contributed by atoms with Crippen molar-refractivity contribution in [2.75, 3.05) is 0 Å². The number of nitrogens with zero attached hydrogens (tertiary/aromatic N) is 6. The SMILES string of the molecule is c1ccc(-c2nc(-c3ccccc3)nc(-c3ccc(-c4ccc(-c5cc(-c6cccnc6)nc(-c6ccccn6)c5)cc4)cc3)n2)cc1. The number of hydrogen-bond acceptors (Lipinski definition) is 6. The molecule has 0 radical (unpaired) electrons. The lowest BCUT2D eigenvalue weighted by molar-refractivity contribution is 1.07. The van der Waals surface area contributed by atoms with Crippen LogP contribution in [0.3, 0.4) is 0 Å². The highest BCUT2D eigenvalue weighted by Crippen LogP contribution is 2.32. The molecule has 4 heterocycles. The van der Waals surface area contributed by atoms with Gasteiger partial charge in [0.15, 0.2) is 17.5 Å². The Labute approximate surface area is 278 Å². The van der Waals surface area contributed by atoms with Crippen LogP contribution in [0.2, 0.25) is 0 Å². The summed E-state index contributed by atoms with van der Waals surface area (Å²) in [6.07, 6.45) is 5.40. The van der Waals surface area contributed by atoms with Gasteiger partial charge in [-0.2, -0.15) is 0 Å². The van der Waals surface area contributed by atoms with Crippen molar-refractivity contribution in [3.63, 3.8) is 0 Å². The van der Waals surface area contributed by atoms with Crippen molar-refractivity contribution < 1.29 is 0 Å². The normalized spacial score (nSPS) is 10.9. The van der Waals surface area contributed by atoms with E-state index in [2.05, 4.69) is 70.6 Å². The predicted octanol–water partition coefficient (Wildman–Crippen LogP) is 9.73. The fourth-order valence-electron chi connectivity index (χ4n) is 5.61. The Morgan fingerprint density at radius 2 is 0.771 bits per heavy atom. The molecule has 0 saturated heterocycles. The van der Waals surface area contributed by atoms with Crippen LogP contribution in [0.4, 0.5) is 0 Å². The van der Waals surface area contributed by atoms with Crippen molar-refractivity contribution in [2.24, 2.45) is 0 Å². The second-order valence-corrected chi connectivity index (χ2v) is 11.3. The minimum absolute atomic E-state index is 0.635. The van der Waals surface area contributed by atoms with Gasteiger partial charge in [-0.15, -0.1) is 0 Å². The highest BCUT2D eigenvalue weighted by Gasteiger charge is 2.13. The average Bonchev–Trinajstić information content (AvgIpc) is 3.19. The summed E-state index contributed by atoms with van der Waals surface area (Å²) in [7, 11) is 0. The minimum atomic E-state index is 0.635. The maximum absolute atomic E-state index is 4.93. The van der Waals surface area contributed by atoms with Crippen molar-refractivity contribution in [1.82, 2.24) is 29.9 Å². The van der Waals surface area contributed by atoms with E-state index in [0.717, 1.165) is 61.6 Å². The molecule has 0 N–H and O–H groups in total. The van der Waals surface area contributed by atoms with Crippen LogP contribution in [0, 0.1) is 0 Å². The van der Waals surface area contributed by atoms with Gasteiger partial charge in [0.25, 0.3) is 0 Å². The van der Waals surface area contributed by atoms with E-state index in [0.29, 0.717) is 17.5 Å². The zero-order chi connectivity index (χ0) is 32.1. The van der Waals surface area contributed by atoms with Gasteiger partial charge in [0.05, 0.1) is 17.1 Å². The molecule has 0 fully saturated rings. The van der Waals surface area contributed by atoms with E-state index < -0.39 is 0 Å². The van der Waals surface area contributed by atoms with Gasteiger partial charge in [-0.05, 0) is 58.7 Å². The molecule has 0 spiro atoms. The third kappa shape index (κ3) is 6.10. The van der Waals surface area contributed by atoms with Gasteiger partial charge < -0.3 is 0 Å². The minimum Gasteiger partial charge on any atom is -0.264 e. The van der Waals surface area contributed by atoms with Crippen molar-refractivity contribution in [3.8, 4) is 79.1 Å². The monoisotopic (exact) mass is 616 g/mol. The van der Waals surface area contributed by atoms with E-state index in [1.807, 2.05) is 97.2 Å². The lowest BCUT2D eigenvalue weighted by Crippen LogP contribution is -2.00. The Morgan fingerprint density at radius 1 is 0.292 bits per heavy atom. The number of pyridine rings is 3. The molecule has 0 amide bonds. The summed E-state index contributed by atoms with van der Waals surface area (Å²) in [5.74, 6) is 1.93. The van der Waals surface area contributed by atoms with Crippen molar-refractivity contribution in [3.05, 3.63) is 170 Å². The molecule has 48 heavy (non-hydrogen) atoms. The van der Waals surface area contributed by atoms with E-state index >= 15 is 0 Å². The lowest BCUT2D eigenvalue weighted by Gasteiger charge is -2.11. The first-order valence-corrected chi connectivity index (χ1v) is 15.7. The molecule has 6 heteroatoms. The topological polar surface area (TPSA) is 77.3 Å². The predicted molar refractivity (Wildman–Crippen MR) is 191 cm³/mol. The van der Waals surface area contributed by atoms with Gasteiger partial charge in [0.2, 0.25) is 0 Å².